The fourth-order valence-electron chi connectivity index (χ4n) is 2.30. The molecule has 0 saturated heterocycles. The van der Waals surface area contributed by atoms with Gasteiger partial charge in [0.25, 0.3) is 11.8 Å². The van der Waals surface area contributed by atoms with E-state index in [0.29, 0.717) is 5.70 Å². The van der Waals surface area contributed by atoms with Crippen LogP contribution in [0.2, 0.25) is 10.0 Å². The minimum Gasteiger partial charge on any atom is -0.288 e. The molecule has 112 valence electrons. The summed E-state index contributed by atoms with van der Waals surface area (Å²) in [6.07, 6.45) is 9.43. The third-order valence-electron chi connectivity index (χ3n) is 3.45. The predicted octanol–water partition coefficient (Wildman–Crippen LogP) is 3.74. The highest BCUT2D eigenvalue weighted by molar-refractivity contribution is 6.41. The summed E-state index contributed by atoms with van der Waals surface area (Å²) in [5, 5.41) is 1.35. The summed E-state index contributed by atoms with van der Waals surface area (Å²) in [4.78, 5) is 24.9. The standard InChI is InChI=1S/C16H12Cl2N2O2/c1-9-3-2-4-10(6-5-9)19-20-15(21)13-11(17)7-8-12(18)14(13)16(20)22/h2-9,19H,1H3. The molecule has 2 aliphatic rings. The van der Waals surface area contributed by atoms with Crippen molar-refractivity contribution in [3.8, 4) is 0 Å². The predicted molar refractivity (Wildman–Crippen MR) is 85.6 cm³/mol. The van der Waals surface area contributed by atoms with Gasteiger partial charge in [-0.2, -0.15) is 5.01 Å². The van der Waals surface area contributed by atoms with Crippen LogP contribution >= 0.6 is 23.2 Å². The second-order valence-electron chi connectivity index (χ2n) is 5.06. The maximum absolute atomic E-state index is 12.4. The van der Waals surface area contributed by atoms with E-state index < -0.39 is 11.8 Å². The maximum Gasteiger partial charge on any atom is 0.282 e. The fraction of sp³-hybridized carbons (Fsp3) is 0.125. The fourth-order valence-corrected chi connectivity index (χ4v) is 2.78. The number of hydrogen-bond donors (Lipinski definition) is 1. The van der Waals surface area contributed by atoms with Crippen LogP contribution in [0.25, 0.3) is 0 Å². The number of halogens is 2. The maximum atomic E-state index is 12.4. The first-order valence-electron chi connectivity index (χ1n) is 6.69. The molecule has 0 saturated carbocycles. The Kier molecular flexibility index (Phi) is 3.81. The van der Waals surface area contributed by atoms with Gasteiger partial charge >= 0.3 is 0 Å². The Labute approximate surface area is 137 Å². The van der Waals surface area contributed by atoms with E-state index in [1.807, 2.05) is 31.2 Å². The second-order valence-corrected chi connectivity index (χ2v) is 5.88. The van der Waals surface area contributed by atoms with E-state index in [2.05, 4.69) is 5.43 Å². The summed E-state index contributed by atoms with van der Waals surface area (Å²) in [5.74, 6) is -0.743. The number of allylic oxidation sites excluding steroid dienone is 5. The average molecular weight is 335 g/mol. The first-order valence-corrected chi connectivity index (χ1v) is 7.45. The quantitative estimate of drug-likeness (QED) is 0.838. The molecule has 1 aromatic rings. The van der Waals surface area contributed by atoms with Gasteiger partial charge in [-0.3, -0.25) is 15.0 Å². The van der Waals surface area contributed by atoms with E-state index in [1.54, 1.807) is 6.08 Å². The van der Waals surface area contributed by atoms with E-state index in [-0.39, 0.29) is 27.1 Å². The number of hydrogen-bond acceptors (Lipinski definition) is 3. The largest absolute Gasteiger partial charge is 0.288 e. The first kappa shape index (κ1) is 14.9. The molecule has 3 rings (SSSR count). The second kappa shape index (κ2) is 5.63. The van der Waals surface area contributed by atoms with Crippen molar-refractivity contribution in [2.75, 3.05) is 0 Å². The number of carbonyl (C=O) groups is 2. The molecule has 0 bridgehead atoms. The molecule has 2 amide bonds. The first-order chi connectivity index (χ1) is 10.5. The van der Waals surface area contributed by atoms with Crippen LogP contribution in [0.3, 0.4) is 0 Å². The molecule has 6 heteroatoms. The molecular weight excluding hydrogens is 323 g/mol. The van der Waals surface area contributed by atoms with Crippen LogP contribution in [-0.2, 0) is 0 Å². The number of imide groups is 1. The van der Waals surface area contributed by atoms with Crippen molar-refractivity contribution in [3.05, 3.63) is 69.4 Å². The number of rotatable bonds is 2. The minimum atomic E-state index is -0.511. The molecule has 1 N–H and O–H groups in total. The van der Waals surface area contributed by atoms with Crippen molar-refractivity contribution >= 4 is 35.0 Å². The molecule has 4 nitrogen and oxygen atoms in total. The number of nitrogens with one attached hydrogen (secondary N) is 1. The van der Waals surface area contributed by atoms with Gasteiger partial charge in [0.15, 0.2) is 0 Å². The van der Waals surface area contributed by atoms with E-state index >= 15 is 0 Å². The lowest BCUT2D eigenvalue weighted by Crippen LogP contribution is -2.41. The van der Waals surface area contributed by atoms with Gasteiger partial charge in [-0.25, -0.2) is 0 Å². The third-order valence-corrected chi connectivity index (χ3v) is 4.08. The molecule has 0 aromatic heterocycles. The van der Waals surface area contributed by atoms with Crippen LogP contribution in [0.1, 0.15) is 27.6 Å². The molecule has 0 radical (unpaired) electrons. The molecule has 1 heterocycles. The topological polar surface area (TPSA) is 49.4 Å². The SMILES string of the molecule is CC1C=CC=C(NN2C(=O)c3c(Cl)ccc(Cl)c3C2=O)C=C1. The molecule has 1 atom stereocenters. The highest BCUT2D eigenvalue weighted by Gasteiger charge is 2.39. The summed E-state index contributed by atoms with van der Waals surface area (Å²) in [6.45, 7) is 2.03. The van der Waals surface area contributed by atoms with Gasteiger partial charge in [-0.1, -0.05) is 48.4 Å². The van der Waals surface area contributed by atoms with Crippen LogP contribution in [0, 0.1) is 5.92 Å². The van der Waals surface area contributed by atoms with Crippen molar-refractivity contribution < 1.29 is 9.59 Å². The number of amides is 2. The van der Waals surface area contributed by atoms with Crippen LogP contribution in [-0.4, -0.2) is 16.8 Å². The number of benzene rings is 1. The van der Waals surface area contributed by atoms with Crippen molar-refractivity contribution in [2.45, 2.75) is 6.92 Å². The van der Waals surface area contributed by atoms with Crippen molar-refractivity contribution in [1.82, 2.24) is 10.4 Å². The Bertz CT molecular complexity index is 725. The van der Waals surface area contributed by atoms with Crippen LogP contribution in [0.5, 0.6) is 0 Å². The summed E-state index contributed by atoms with van der Waals surface area (Å²) < 4.78 is 0. The van der Waals surface area contributed by atoms with Crippen LogP contribution in [0.15, 0.2) is 48.2 Å². The molecule has 1 unspecified atom stereocenters. The zero-order valence-corrected chi connectivity index (χ0v) is 13.2. The Balaban J connectivity index is 1.94. The smallest absolute Gasteiger partial charge is 0.282 e. The molecule has 1 aliphatic heterocycles. The molecule has 22 heavy (non-hydrogen) atoms. The van der Waals surface area contributed by atoms with Crippen molar-refractivity contribution in [2.24, 2.45) is 5.92 Å². The molecular formula is C16H12Cl2N2O2. The highest BCUT2D eigenvalue weighted by Crippen LogP contribution is 2.33. The molecule has 1 aliphatic carbocycles. The van der Waals surface area contributed by atoms with Gasteiger partial charge in [0.05, 0.1) is 26.9 Å². The van der Waals surface area contributed by atoms with Gasteiger partial charge in [-0.05, 0) is 30.2 Å². The minimum absolute atomic E-state index is 0.133. The Morgan fingerprint density at radius 1 is 1.05 bits per heavy atom. The van der Waals surface area contributed by atoms with Crippen LogP contribution in [0.4, 0.5) is 0 Å². The van der Waals surface area contributed by atoms with Crippen molar-refractivity contribution in [1.29, 1.82) is 0 Å². The number of carbonyl (C=O) groups excluding carboxylic acids is 2. The molecule has 0 fully saturated rings. The number of fused-ring (bicyclic) bond motifs is 1. The Morgan fingerprint density at radius 3 is 2.23 bits per heavy atom. The van der Waals surface area contributed by atoms with E-state index in [4.69, 9.17) is 23.2 Å². The summed E-state index contributed by atoms with van der Waals surface area (Å²) in [6, 6.07) is 3.01. The zero-order chi connectivity index (χ0) is 15.9. The third kappa shape index (κ3) is 2.45. The van der Waals surface area contributed by atoms with E-state index in [0.717, 1.165) is 5.01 Å². The lowest BCUT2D eigenvalue weighted by molar-refractivity contribution is 0.0593. The summed E-state index contributed by atoms with van der Waals surface area (Å²) in [5.41, 5.74) is 3.71. The Hall–Kier alpha value is -2.04. The van der Waals surface area contributed by atoms with E-state index in [1.165, 1.54) is 12.1 Å². The Morgan fingerprint density at radius 2 is 1.64 bits per heavy atom. The number of nitrogens with zero attached hydrogens (tertiary/aromatic N) is 1. The van der Waals surface area contributed by atoms with Gasteiger partial charge in [-0.15, -0.1) is 0 Å². The summed E-state index contributed by atoms with van der Waals surface area (Å²) >= 11 is 12.1. The van der Waals surface area contributed by atoms with Crippen molar-refractivity contribution in [3.63, 3.8) is 0 Å². The normalized spacial score (nSPS) is 20.0. The average Bonchev–Trinajstić information content (AvgIpc) is 2.64. The lowest BCUT2D eigenvalue weighted by Gasteiger charge is -2.16. The van der Waals surface area contributed by atoms with Gasteiger partial charge in [0.2, 0.25) is 0 Å². The van der Waals surface area contributed by atoms with Gasteiger partial charge in [0, 0.05) is 0 Å². The highest BCUT2D eigenvalue weighted by atomic mass is 35.5. The monoisotopic (exact) mass is 334 g/mol. The molecule has 1 aromatic carbocycles. The number of hydrazine groups is 1. The van der Waals surface area contributed by atoms with Gasteiger partial charge < -0.3 is 0 Å². The zero-order valence-electron chi connectivity index (χ0n) is 11.6. The van der Waals surface area contributed by atoms with Gasteiger partial charge in [0.1, 0.15) is 0 Å². The summed E-state index contributed by atoms with van der Waals surface area (Å²) in [7, 11) is 0. The van der Waals surface area contributed by atoms with E-state index in [9.17, 15) is 9.59 Å². The molecule has 0 spiro atoms. The van der Waals surface area contributed by atoms with Crippen LogP contribution < -0.4 is 5.43 Å². The lowest BCUT2D eigenvalue weighted by atomic mass is 10.1.